The molecule has 1 aliphatic carbocycles. The molecule has 0 amide bonds. The number of carbonyl (C=O) groups is 1. The Hall–Kier alpha value is -1.75. The zero-order valence-corrected chi connectivity index (χ0v) is 10.6. The number of rotatable bonds is 3. The predicted molar refractivity (Wildman–Crippen MR) is 66.3 cm³/mol. The number of aldehydes is 1. The van der Waals surface area contributed by atoms with Crippen LogP contribution in [0.25, 0.3) is 5.82 Å². The van der Waals surface area contributed by atoms with E-state index in [-0.39, 0.29) is 0 Å². The van der Waals surface area contributed by atoms with E-state index in [1.54, 1.807) is 6.07 Å². The van der Waals surface area contributed by atoms with Gasteiger partial charge in [-0.05, 0) is 31.9 Å². The topological polar surface area (TPSA) is 60.7 Å². The minimum absolute atomic E-state index is 0.310. The molecular weight excluding hydrogens is 252 g/mol. The lowest BCUT2D eigenvalue weighted by molar-refractivity contribution is 0.112. The monoisotopic (exact) mass is 262 g/mol. The molecule has 0 saturated heterocycles. The van der Waals surface area contributed by atoms with Crippen molar-refractivity contribution in [3.8, 4) is 5.82 Å². The fourth-order valence-electron chi connectivity index (χ4n) is 1.85. The van der Waals surface area contributed by atoms with Gasteiger partial charge in [0.2, 0.25) is 0 Å². The van der Waals surface area contributed by atoms with Crippen LogP contribution in [0.2, 0.25) is 5.15 Å². The standard InChI is InChI=1S/C12H11ClN4O/c1-7-2-5-10(15-14-7)17-12(13)9(6-18)11(16-17)8-3-4-8/h2,5-6,8H,3-4H2,1H3. The van der Waals surface area contributed by atoms with Crippen molar-refractivity contribution in [3.05, 3.63) is 34.2 Å². The lowest BCUT2D eigenvalue weighted by Crippen LogP contribution is -2.02. The maximum Gasteiger partial charge on any atom is 0.177 e. The molecule has 0 N–H and O–H groups in total. The second-order valence-corrected chi connectivity index (χ2v) is 4.78. The third kappa shape index (κ3) is 1.80. The van der Waals surface area contributed by atoms with Crippen LogP contribution in [-0.4, -0.2) is 26.3 Å². The highest BCUT2D eigenvalue weighted by molar-refractivity contribution is 6.32. The summed E-state index contributed by atoms with van der Waals surface area (Å²) in [5, 5.41) is 12.7. The lowest BCUT2D eigenvalue weighted by atomic mass is 10.2. The SMILES string of the molecule is Cc1ccc(-n2nc(C3CC3)c(C=O)c2Cl)nn1. The summed E-state index contributed by atoms with van der Waals surface area (Å²) < 4.78 is 1.48. The van der Waals surface area contributed by atoms with Gasteiger partial charge >= 0.3 is 0 Å². The summed E-state index contributed by atoms with van der Waals surface area (Å²) in [6.07, 6.45) is 2.89. The van der Waals surface area contributed by atoms with Gasteiger partial charge in [-0.2, -0.15) is 10.2 Å². The summed E-state index contributed by atoms with van der Waals surface area (Å²) in [7, 11) is 0. The Bertz CT molecular complexity index is 601. The maximum atomic E-state index is 11.1. The van der Waals surface area contributed by atoms with Crippen molar-refractivity contribution in [1.29, 1.82) is 0 Å². The molecule has 2 aromatic heterocycles. The van der Waals surface area contributed by atoms with Gasteiger partial charge in [-0.15, -0.1) is 5.10 Å². The molecule has 0 aromatic carbocycles. The van der Waals surface area contributed by atoms with Gasteiger partial charge in [0, 0.05) is 5.92 Å². The Balaban J connectivity index is 2.11. The summed E-state index contributed by atoms with van der Waals surface area (Å²) in [5.41, 5.74) is 2.07. The van der Waals surface area contributed by atoms with Crippen molar-refractivity contribution in [1.82, 2.24) is 20.0 Å². The van der Waals surface area contributed by atoms with Crippen LogP contribution < -0.4 is 0 Å². The Labute approximate surface area is 109 Å². The zero-order chi connectivity index (χ0) is 12.7. The maximum absolute atomic E-state index is 11.1. The molecule has 0 aliphatic heterocycles. The smallest absolute Gasteiger partial charge is 0.177 e. The largest absolute Gasteiger partial charge is 0.298 e. The Morgan fingerprint density at radius 3 is 2.72 bits per heavy atom. The number of carbonyl (C=O) groups excluding carboxylic acids is 1. The molecule has 0 radical (unpaired) electrons. The predicted octanol–water partition coefficient (Wildman–Crippen LogP) is 2.31. The molecule has 0 atom stereocenters. The van der Waals surface area contributed by atoms with Crippen LogP contribution in [0.5, 0.6) is 0 Å². The van der Waals surface area contributed by atoms with Crippen LogP contribution >= 0.6 is 11.6 Å². The van der Waals surface area contributed by atoms with Crippen LogP contribution in [0, 0.1) is 6.92 Å². The fraction of sp³-hybridized carbons (Fsp3) is 0.333. The second-order valence-electron chi connectivity index (χ2n) is 4.43. The number of hydrogen-bond donors (Lipinski definition) is 0. The summed E-state index contributed by atoms with van der Waals surface area (Å²) in [6.45, 7) is 1.86. The van der Waals surface area contributed by atoms with Crippen LogP contribution in [-0.2, 0) is 0 Å². The molecule has 18 heavy (non-hydrogen) atoms. The van der Waals surface area contributed by atoms with E-state index < -0.39 is 0 Å². The van der Waals surface area contributed by atoms with Crippen molar-refractivity contribution in [2.45, 2.75) is 25.7 Å². The van der Waals surface area contributed by atoms with E-state index in [0.29, 0.717) is 22.5 Å². The molecule has 0 unspecified atom stereocenters. The van der Waals surface area contributed by atoms with E-state index in [2.05, 4.69) is 15.3 Å². The number of halogens is 1. The third-order valence-electron chi connectivity index (χ3n) is 2.97. The van der Waals surface area contributed by atoms with Gasteiger partial charge < -0.3 is 0 Å². The quantitative estimate of drug-likeness (QED) is 0.797. The third-order valence-corrected chi connectivity index (χ3v) is 3.34. The van der Waals surface area contributed by atoms with Crippen molar-refractivity contribution in [2.24, 2.45) is 0 Å². The minimum atomic E-state index is 0.310. The molecule has 5 nitrogen and oxygen atoms in total. The summed E-state index contributed by atoms with van der Waals surface area (Å²) >= 11 is 6.18. The Morgan fingerprint density at radius 2 is 2.17 bits per heavy atom. The molecule has 2 aromatic rings. The van der Waals surface area contributed by atoms with Crippen LogP contribution in [0.1, 0.15) is 40.5 Å². The van der Waals surface area contributed by atoms with Crippen molar-refractivity contribution in [2.75, 3.05) is 0 Å². The van der Waals surface area contributed by atoms with Gasteiger partial charge in [0.25, 0.3) is 0 Å². The normalized spacial score (nSPS) is 14.8. The molecule has 2 heterocycles. The fourth-order valence-corrected chi connectivity index (χ4v) is 2.12. The minimum Gasteiger partial charge on any atom is -0.298 e. The van der Waals surface area contributed by atoms with Gasteiger partial charge in [0.05, 0.1) is 17.0 Å². The number of nitrogens with zero attached hydrogens (tertiary/aromatic N) is 4. The zero-order valence-electron chi connectivity index (χ0n) is 9.80. The number of hydrogen-bond acceptors (Lipinski definition) is 4. The average Bonchev–Trinajstić information content (AvgIpc) is 3.15. The van der Waals surface area contributed by atoms with Gasteiger partial charge in [-0.3, -0.25) is 4.79 Å². The first-order valence-corrected chi connectivity index (χ1v) is 6.13. The van der Waals surface area contributed by atoms with Crippen LogP contribution in [0.15, 0.2) is 12.1 Å². The molecule has 0 spiro atoms. The molecule has 1 saturated carbocycles. The molecule has 1 fully saturated rings. The van der Waals surface area contributed by atoms with Crippen molar-refractivity contribution < 1.29 is 4.79 Å². The highest BCUT2D eigenvalue weighted by Gasteiger charge is 2.31. The van der Waals surface area contributed by atoms with Gasteiger partial charge in [0.1, 0.15) is 5.15 Å². The van der Waals surface area contributed by atoms with E-state index in [4.69, 9.17) is 11.6 Å². The molecular formula is C12H11ClN4O. The molecule has 1 aliphatic rings. The number of aryl methyl sites for hydroxylation is 1. The van der Waals surface area contributed by atoms with Gasteiger partial charge in [-0.25, -0.2) is 4.68 Å². The highest BCUT2D eigenvalue weighted by atomic mass is 35.5. The second kappa shape index (κ2) is 4.17. The van der Waals surface area contributed by atoms with E-state index in [1.807, 2.05) is 13.0 Å². The molecule has 0 bridgehead atoms. The molecule has 6 heteroatoms. The summed E-state index contributed by atoms with van der Waals surface area (Å²) in [5.74, 6) is 0.892. The van der Waals surface area contributed by atoms with Crippen molar-refractivity contribution in [3.63, 3.8) is 0 Å². The Morgan fingerprint density at radius 1 is 1.39 bits per heavy atom. The van der Waals surface area contributed by atoms with Crippen LogP contribution in [0.3, 0.4) is 0 Å². The van der Waals surface area contributed by atoms with E-state index in [9.17, 15) is 4.79 Å². The average molecular weight is 263 g/mol. The molecule has 3 rings (SSSR count). The molecule has 92 valence electrons. The van der Waals surface area contributed by atoms with Gasteiger partial charge in [-0.1, -0.05) is 11.6 Å². The summed E-state index contributed by atoms with van der Waals surface area (Å²) in [4.78, 5) is 11.1. The highest BCUT2D eigenvalue weighted by Crippen LogP contribution is 2.42. The first-order valence-electron chi connectivity index (χ1n) is 5.75. The number of aromatic nitrogens is 4. The van der Waals surface area contributed by atoms with E-state index in [0.717, 1.165) is 30.5 Å². The summed E-state index contributed by atoms with van der Waals surface area (Å²) in [6, 6.07) is 3.62. The first kappa shape index (κ1) is 11.3. The van der Waals surface area contributed by atoms with Gasteiger partial charge in [0.15, 0.2) is 12.1 Å². The van der Waals surface area contributed by atoms with Crippen LogP contribution in [0.4, 0.5) is 0 Å². The first-order chi connectivity index (χ1) is 8.70. The Kier molecular flexibility index (Phi) is 2.63. The van der Waals surface area contributed by atoms with E-state index in [1.165, 1.54) is 4.68 Å². The van der Waals surface area contributed by atoms with Crippen molar-refractivity contribution >= 4 is 17.9 Å². The lowest BCUT2D eigenvalue weighted by Gasteiger charge is -2.00. The van der Waals surface area contributed by atoms with E-state index >= 15 is 0 Å².